The zero-order valence-corrected chi connectivity index (χ0v) is 15.0. The Kier molecular flexibility index (Phi) is 5.12. The molecule has 8 nitrogen and oxygen atoms in total. The first kappa shape index (κ1) is 18.2. The minimum atomic E-state index is -3.52. The van der Waals surface area contributed by atoms with Gasteiger partial charge in [0, 0.05) is 12.6 Å². The van der Waals surface area contributed by atoms with E-state index in [4.69, 9.17) is 14.2 Å². The molecule has 0 spiro atoms. The summed E-state index contributed by atoms with van der Waals surface area (Å²) in [5.41, 5.74) is -0.175. The Morgan fingerprint density at radius 1 is 1.29 bits per heavy atom. The van der Waals surface area contributed by atoms with Crippen LogP contribution in [-0.2, 0) is 14.8 Å². The molecule has 0 radical (unpaired) electrons. The topological polar surface area (TPSA) is 94.2 Å². The number of alkyl carbamates (subject to hydrolysis) is 1. The molecule has 0 unspecified atom stereocenters. The van der Waals surface area contributed by atoms with E-state index in [1.165, 1.54) is 4.31 Å². The lowest BCUT2D eigenvalue weighted by Gasteiger charge is -2.24. The average molecular weight is 358 g/mol. The molecule has 1 aliphatic heterocycles. The SMILES string of the molecule is CC(C)(C)OC(=O)NCCN(c1ccc2c(c1)OCO2)S(C)(=O)=O. The molecule has 0 saturated heterocycles. The van der Waals surface area contributed by atoms with E-state index in [-0.39, 0.29) is 19.9 Å². The molecule has 0 atom stereocenters. The number of sulfonamides is 1. The first-order valence-corrected chi connectivity index (χ1v) is 9.25. The van der Waals surface area contributed by atoms with E-state index < -0.39 is 21.7 Å². The number of anilines is 1. The van der Waals surface area contributed by atoms with Crippen molar-refractivity contribution >= 4 is 21.8 Å². The van der Waals surface area contributed by atoms with Crippen molar-refractivity contribution in [2.45, 2.75) is 26.4 Å². The molecule has 0 saturated carbocycles. The molecule has 1 aromatic carbocycles. The third kappa shape index (κ3) is 4.92. The zero-order valence-electron chi connectivity index (χ0n) is 14.2. The van der Waals surface area contributed by atoms with E-state index in [9.17, 15) is 13.2 Å². The molecule has 1 aromatic rings. The summed E-state index contributed by atoms with van der Waals surface area (Å²) in [5.74, 6) is 1.06. The highest BCUT2D eigenvalue weighted by Crippen LogP contribution is 2.35. The van der Waals surface area contributed by atoms with Crippen molar-refractivity contribution in [3.63, 3.8) is 0 Å². The molecular formula is C15H22N2O6S. The standard InChI is InChI=1S/C15H22N2O6S/c1-15(2,3)23-14(18)16-7-8-17(24(4,19)20)11-5-6-12-13(9-11)22-10-21-12/h5-6,9H,7-8,10H2,1-4H3,(H,16,18). The highest BCUT2D eigenvalue weighted by Gasteiger charge is 2.22. The first-order chi connectivity index (χ1) is 11.1. The maximum atomic E-state index is 12.0. The van der Waals surface area contributed by atoms with Gasteiger partial charge in [0.2, 0.25) is 16.8 Å². The van der Waals surface area contributed by atoms with Crippen molar-refractivity contribution in [1.82, 2.24) is 5.32 Å². The van der Waals surface area contributed by atoms with Gasteiger partial charge in [-0.25, -0.2) is 13.2 Å². The van der Waals surface area contributed by atoms with Gasteiger partial charge in [0.05, 0.1) is 18.5 Å². The van der Waals surface area contributed by atoms with Gasteiger partial charge in [-0.1, -0.05) is 0 Å². The van der Waals surface area contributed by atoms with Crippen molar-refractivity contribution in [3.05, 3.63) is 18.2 Å². The van der Waals surface area contributed by atoms with Gasteiger partial charge in [0.1, 0.15) is 5.60 Å². The number of fused-ring (bicyclic) bond motifs is 1. The summed E-state index contributed by atoms with van der Waals surface area (Å²) in [6.07, 6.45) is 0.507. The number of nitrogens with one attached hydrogen (secondary N) is 1. The minimum absolute atomic E-state index is 0.0672. The fourth-order valence-electron chi connectivity index (χ4n) is 2.10. The van der Waals surface area contributed by atoms with E-state index in [1.54, 1.807) is 39.0 Å². The third-order valence-electron chi connectivity index (χ3n) is 3.03. The van der Waals surface area contributed by atoms with Crippen LogP contribution >= 0.6 is 0 Å². The number of hydrogen-bond acceptors (Lipinski definition) is 6. The van der Waals surface area contributed by atoms with E-state index in [2.05, 4.69) is 5.32 Å². The first-order valence-electron chi connectivity index (χ1n) is 7.40. The Bertz CT molecular complexity index is 711. The van der Waals surface area contributed by atoms with Crippen molar-refractivity contribution in [2.75, 3.05) is 30.4 Å². The van der Waals surface area contributed by atoms with Crippen molar-refractivity contribution in [2.24, 2.45) is 0 Å². The molecule has 1 aliphatic rings. The summed E-state index contributed by atoms with van der Waals surface area (Å²) in [6, 6.07) is 4.87. The van der Waals surface area contributed by atoms with Gasteiger partial charge in [-0.2, -0.15) is 0 Å². The lowest BCUT2D eigenvalue weighted by Crippen LogP contribution is -2.40. The van der Waals surface area contributed by atoms with Gasteiger partial charge in [-0.3, -0.25) is 4.31 Å². The smallest absolute Gasteiger partial charge is 0.407 e. The second kappa shape index (κ2) is 6.76. The molecular weight excluding hydrogens is 336 g/mol. The van der Waals surface area contributed by atoms with Crippen LogP contribution in [0.15, 0.2) is 18.2 Å². The Balaban J connectivity index is 2.04. The van der Waals surface area contributed by atoms with Gasteiger partial charge >= 0.3 is 6.09 Å². The number of carbonyl (C=O) groups is 1. The Morgan fingerprint density at radius 3 is 2.58 bits per heavy atom. The predicted molar refractivity (Wildman–Crippen MR) is 89.0 cm³/mol. The third-order valence-corrected chi connectivity index (χ3v) is 4.22. The van der Waals surface area contributed by atoms with Gasteiger partial charge in [0.25, 0.3) is 0 Å². The van der Waals surface area contributed by atoms with Crippen LogP contribution in [0.4, 0.5) is 10.5 Å². The second-order valence-electron chi connectivity index (χ2n) is 6.30. The van der Waals surface area contributed by atoms with E-state index >= 15 is 0 Å². The van der Waals surface area contributed by atoms with Crippen LogP contribution in [-0.4, -0.2) is 46.3 Å². The molecule has 0 aromatic heterocycles. The van der Waals surface area contributed by atoms with Crippen LogP contribution in [0.25, 0.3) is 0 Å². The molecule has 1 N–H and O–H groups in total. The van der Waals surface area contributed by atoms with Crippen molar-refractivity contribution in [3.8, 4) is 11.5 Å². The molecule has 0 aliphatic carbocycles. The average Bonchev–Trinajstić information content (AvgIpc) is 2.87. The molecule has 2 rings (SSSR count). The van der Waals surface area contributed by atoms with E-state index in [0.29, 0.717) is 17.2 Å². The van der Waals surface area contributed by atoms with Crippen LogP contribution in [0.2, 0.25) is 0 Å². The predicted octanol–water partition coefficient (Wildman–Crippen LogP) is 1.71. The summed E-state index contributed by atoms with van der Waals surface area (Å²) >= 11 is 0. The number of hydrogen-bond donors (Lipinski definition) is 1. The summed E-state index contributed by atoms with van der Waals surface area (Å²) in [7, 11) is -3.52. The molecule has 1 amide bonds. The van der Waals surface area contributed by atoms with Gasteiger partial charge in [-0.15, -0.1) is 0 Å². The summed E-state index contributed by atoms with van der Waals surface area (Å²) in [4.78, 5) is 11.6. The summed E-state index contributed by atoms with van der Waals surface area (Å²) < 4.78 is 40.9. The largest absolute Gasteiger partial charge is 0.454 e. The normalized spacial score (nSPS) is 13.5. The highest BCUT2D eigenvalue weighted by atomic mass is 32.2. The number of benzene rings is 1. The Hall–Kier alpha value is -2.16. The van der Waals surface area contributed by atoms with Crippen LogP contribution in [0, 0.1) is 0 Å². The molecule has 134 valence electrons. The van der Waals surface area contributed by atoms with Crippen LogP contribution in [0.3, 0.4) is 0 Å². The number of amides is 1. The van der Waals surface area contributed by atoms with Gasteiger partial charge in [0.15, 0.2) is 11.5 Å². The fourth-order valence-corrected chi connectivity index (χ4v) is 3.02. The minimum Gasteiger partial charge on any atom is -0.454 e. The van der Waals surface area contributed by atoms with Gasteiger partial charge < -0.3 is 19.5 Å². The van der Waals surface area contributed by atoms with Gasteiger partial charge in [-0.05, 0) is 32.9 Å². The van der Waals surface area contributed by atoms with Crippen LogP contribution in [0.5, 0.6) is 11.5 Å². The lowest BCUT2D eigenvalue weighted by molar-refractivity contribution is 0.0529. The monoisotopic (exact) mass is 358 g/mol. The highest BCUT2D eigenvalue weighted by molar-refractivity contribution is 7.92. The lowest BCUT2D eigenvalue weighted by atomic mass is 10.2. The summed E-state index contributed by atoms with van der Waals surface area (Å²) in [5, 5.41) is 2.54. The van der Waals surface area contributed by atoms with Crippen LogP contribution in [0.1, 0.15) is 20.8 Å². The molecule has 24 heavy (non-hydrogen) atoms. The number of carbonyl (C=O) groups excluding carboxylic acids is 1. The number of ether oxygens (including phenoxy) is 3. The van der Waals surface area contributed by atoms with Crippen molar-refractivity contribution < 1.29 is 27.4 Å². The van der Waals surface area contributed by atoms with E-state index in [0.717, 1.165) is 6.26 Å². The molecule has 9 heteroatoms. The molecule has 1 heterocycles. The number of nitrogens with zero attached hydrogens (tertiary/aromatic N) is 1. The van der Waals surface area contributed by atoms with Crippen LogP contribution < -0.4 is 19.1 Å². The molecule has 0 bridgehead atoms. The number of rotatable bonds is 5. The second-order valence-corrected chi connectivity index (χ2v) is 8.21. The quantitative estimate of drug-likeness (QED) is 0.861. The van der Waals surface area contributed by atoms with Crippen molar-refractivity contribution in [1.29, 1.82) is 0 Å². The Labute approximate surface area is 141 Å². The summed E-state index contributed by atoms with van der Waals surface area (Å²) in [6.45, 7) is 5.54. The Morgan fingerprint density at radius 2 is 1.96 bits per heavy atom. The molecule has 0 fully saturated rings. The zero-order chi connectivity index (χ0) is 18.0. The fraction of sp³-hybridized carbons (Fsp3) is 0.533. The maximum Gasteiger partial charge on any atom is 0.407 e. The van der Waals surface area contributed by atoms with E-state index in [1.807, 2.05) is 0 Å². The maximum absolute atomic E-state index is 12.0.